The zero-order valence-electron chi connectivity index (χ0n) is 17.0. The van der Waals surface area contributed by atoms with Gasteiger partial charge in [0.2, 0.25) is 0 Å². The van der Waals surface area contributed by atoms with Crippen LogP contribution in [-0.4, -0.2) is 74.8 Å². The maximum absolute atomic E-state index is 11.0. The van der Waals surface area contributed by atoms with Gasteiger partial charge in [0.1, 0.15) is 5.69 Å². The van der Waals surface area contributed by atoms with Crippen LogP contribution in [0.5, 0.6) is 0 Å². The largest absolute Gasteiger partial charge is 0.378 e. The van der Waals surface area contributed by atoms with E-state index in [0.29, 0.717) is 37.2 Å². The molecule has 156 valence electrons. The number of morpholine rings is 1. The number of ether oxygens (including phenoxy) is 1. The summed E-state index contributed by atoms with van der Waals surface area (Å²) in [7, 11) is 1.72. The molecule has 0 amide bonds. The summed E-state index contributed by atoms with van der Waals surface area (Å²) < 4.78 is 5.84. The predicted octanol–water partition coefficient (Wildman–Crippen LogP) is 1.53. The van der Waals surface area contributed by atoms with Crippen LogP contribution in [0, 0.1) is 16.0 Å². The van der Waals surface area contributed by atoms with Gasteiger partial charge in [-0.2, -0.15) is 0 Å². The smallest absolute Gasteiger partial charge is 0.292 e. The molecule has 1 atom stereocenters. The minimum absolute atomic E-state index is 0.0745. The van der Waals surface area contributed by atoms with Crippen molar-refractivity contribution < 1.29 is 9.66 Å². The van der Waals surface area contributed by atoms with E-state index >= 15 is 0 Å². The first-order valence-electron chi connectivity index (χ1n) is 9.75. The van der Waals surface area contributed by atoms with E-state index in [1.807, 2.05) is 0 Å². The normalized spacial score (nSPS) is 18.1. The van der Waals surface area contributed by atoms with Crippen molar-refractivity contribution in [2.45, 2.75) is 20.0 Å². The number of hydrogen-bond donors (Lipinski definition) is 3. The summed E-state index contributed by atoms with van der Waals surface area (Å²) >= 11 is 0. The third-order valence-corrected chi connectivity index (χ3v) is 4.40. The highest BCUT2D eigenvalue weighted by Crippen LogP contribution is 2.22. The van der Waals surface area contributed by atoms with Crippen molar-refractivity contribution in [1.29, 1.82) is 0 Å². The Morgan fingerprint density at radius 1 is 1.36 bits per heavy atom. The first-order chi connectivity index (χ1) is 13.5. The Balaban J connectivity index is 1.70. The van der Waals surface area contributed by atoms with Crippen LogP contribution in [0.1, 0.15) is 13.8 Å². The van der Waals surface area contributed by atoms with Gasteiger partial charge in [-0.1, -0.05) is 26.0 Å². The summed E-state index contributed by atoms with van der Waals surface area (Å²) in [5, 5.41) is 20.6. The number of nitro benzene ring substituents is 1. The molecule has 1 saturated heterocycles. The lowest BCUT2D eigenvalue weighted by Gasteiger charge is -2.34. The van der Waals surface area contributed by atoms with Gasteiger partial charge in [-0.05, 0) is 12.0 Å². The molecule has 1 fully saturated rings. The third-order valence-electron chi connectivity index (χ3n) is 4.40. The van der Waals surface area contributed by atoms with E-state index in [9.17, 15) is 10.1 Å². The van der Waals surface area contributed by atoms with Crippen molar-refractivity contribution >= 4 is 17.3 Å². The van der Waals surface area contributed by atoms with Crippen LogP contribution in [0.25, 0.3) is 0 Å². The van der Waals surface area contributed by atoms with Crippen molar-refractivity contribution in [3.8, 4) is 0 Å². The fraction of sp³-hybridized carbons (Fsp3) is 0.632. The molecule has 0 aliphatic carbocycles. The van der Waals surface area contributed by atoms with Crippen LogP contribution in [0.4, 0.5) is 11.4 Å². The summed E-state index contributed by atoms with van der Waals surface area (Å²) in [4.78, 5) is 17.3. The Morgan fingerprint density at radius 2 is 2.14 bits per heavy atom. The van der Waals surface area contributed by atoms with Gasteiger partial charge >= 0.3 is 0 Å². The number of para-hydroxylation sites is 2. The Kier molecular flexibility index (Phi) is 8.96. The monoisotopic (exact) mass is 392 g/mol. The van der Waals surface area contributed by atoms with Gasteiger partial charge in [0.05, 0.1) is 17.6 Å². The number of nitrogens with one attached hydrogen (secondary N) is 3. The van der Waals surface area contributed by atoms with Crippen LogP contribution in [0.3, 0.4) is 0 Å². The standard InChI is InChI=1S/C19H32N6O3/c1-15(2)13-24-10-11-28-16(14-24)12-23-19(20-3)22-9-8-21-17-6-4-5-7-18(17)25(26)27/h4-7,15-16,21H,8-14H2,1-3H3,(H2,20,22,23). The van der Waals surface area contributed by atoms with Gasteiger partial charge in [0.25, 0.3) is 5.69 Å². The molecule has 1 aromatic carbocycles. The fourth-order valence-corrected chi connectivity index (χ4v) is 3.18. The van der Waals surface area contributed by atoms with Crippen molar-refractivity contribution in [2.24, 2.45) is 10.9 Å². The molecule has 3 N–H and O–H groups in total. The quantitative estimate of drug-likeness (QED) is 0.192. The third kappa shape index (κ3) is 7.32. The number of hydrogen-bond acceptors (Lipinski definition) is 6. The van der Waals surface area contributed by atoms with E-state index in [0.717, 1.165) is 26.2 Å². The van der Waals surface area contributed by atoms with Gasteiger partial charge < -0.3 is 20.7 Å². The zero-order chi connectivity index (χ0) is 20.4. The van der Waals surface area contributed by atoms with Crippen molar-refractivity contribution in [2.75, 3.05) is 58.2 Å². The van der Waals surface area contributed by atoms with Crippen LogP contribution < -0.4 is 16.0 Å². The van der Waals surface area contributed by atoms with Crippen LogP contribution in [0.2, 0.25) is 0 Å². The average molecular weight is 393 g/mol. The maximum atomic E-state index is 11.0. The Morgan fingerprint density at radius 3 is 2.86 bits per heavy atom. The van der Waals surface area contributed by atoms with Gasteiger partial charge in [0, 0.05) is 52.4 Å². The van der Waals surface area contributed by atoms with Crippen molar-refractivity contribution in [3.63, 3.8) is 0 Å². The highest BCUT2D eigenvalue weighted by Gasteiger charge is 2.21. The molecule has 1 aliphatic heterocycles. The van der Waals surface area contributed by atoms with Gasteiger partial charge in [-0.25, -0.2) is 0 Å². The molecule has 1 unspecified atom stereocenters. The molecule has 0 saturated carbocycles. The van der Waals surface area contributed by atoms with Crippen LogP contribution in [-0.2, 0) is 4.74 Å². The highest BCUT2D eigenvalue weighted by atomic mass is 16.6. The number of rotatable bonds is 9. The fourth-order valence-electron chi connectivity index (χ4n) is 3.18. The molecule has 0 aromatic heterocycles. The van der Waals surface area contributed by atoms with E-state index < -0.39 is 0 Å². The lowest BCUT2D eigenvalue weighted by atomic mass is 10.2. The molecule has 1 aromatic rings. The van der Waals surface area contributed by atoms with E-state index in [1.54, 1.807) is 25.2 Å². The molecular weight excluding hydrogens is 360 g/mol. The molecule has 28 heavy (non-hydrogen) atoms. The topological polar surface area (TPSA) is 104 Å². The number of benzene rings is 1. The second-order valence-electron chi connectivity index (χ2n) is 7.23. The van der Waals surface area contributed by atoms with Gasteiger partial charge in [0.15, 0.2) is 5.96 Å². The molecule has 1 heterocycles. The van der Waals surface area contributed by atoms with Gasteiger partial charge in [-0.3, -0.25) is 20.0 Å². The van der Waals surface area contributed by atoms with E-state index in [1.165, 1.54) is 6.07 Å². The molecular formula is C19H32N6O3. The molecule has 2 rings (SSSR count). The summed E-state index contributed by atoms with van der Waals surface area (Å²) in [6, 6.07) is 6.62. The molecule has 1 aliphatic rings. The van der Waals surface area contributed by atoms with Crippen molar-refractivity contribution in [3.05, 3.63) is 34.4 Å². The highest BCUT2D eigenvalue weighted by molar-refractivity contribution is 5.79. The zero-order valence-corrected chi connectivity index (χ0v) is 17.0. The Hall–Kier alpha value is -2.39. The Labute approximate surface area is 166 Å². The summed E-state index contributed by atoms with van der Waals surface area (Å²) in [5.74, 6) is 1.34. The number of nitro groups is 1. The van der Waals surface area contributed by atoms with E-state index in [4.69, 9.17) is 4.74 Å². The number of anilines is 1. The van der Waals surface area contributed by atoms with E-state index in [2.05, 4.69) is 39.7 Å². The number of guanidine groups is 1. The number of nitrogens with zero attached hydrogens (tertiary/aromatic N) is 3. The molecule has 0 radical (unpaired) electrons. The first kappa shape index (κ1) is 21.9. The number of aliphatic imine (C=N–C) groups is 1. The molecule has 0 bridgehead atoms. The Bertz CT molecular complexity index is 652. The lowest BCUT2D eigenvalue weighted by molar-refractivity contribution is -0.384. The summed E-state index contributed by atoms with van der Waals surface area (Å²) in [6.45, 7) is 10.0. The van der Waals surface area contributed by atoms with Crippen LogP contribution in [0.15, 0.2) is 29.3 Å². The molecule has 9 heteroatoms. The minimum Gasteiger partial charge on any atom is -0.378 e. The molecule has 9 nitrogen and oxygen atoms in total. The maximum Gasteiger partial charge on any atom is 0.292 e. The van der Waals surface area contributed by atoms with Gasteiger partial charge in [-0.15, -0.1) is 0 Å². The van der Waals surface area contributed by atoms with E-state index in [-0.39, 0.29) is 16.7 Å². The summed E-state index contributed by atoms with van der Waals surface area (Å²) in [6.07, 6.45) is 0.135. The second-order valence-corrected chi connectivity index (χ2v) is 7.23. The molecule has 0 spiro atoms. The first-order valence-corrected chi connectivity index (χ1v) is 9.75. The minimum atomic E-state index is -0.386. The average Bonchev–Trinajstić information content (AvgIpc) is 2.67. The SMILES string of the molecule is CN=C(NCCNc1ccccc1[N+](=O)[O-])NCC1CN(CC(C)C)CCO1. The lowest BCUT2D eigenvalue weighted by Crippen LogP contribution is -2.50. The summed E-state index contributed by atoms with van der Waals surface area (Å²) in [5.41, 5.74) is 0.587. The van der Waals surface area contributed by atoms with Crippen molar-refractivity contribution in [1.82, 2.24) is 15.5 Å². The second kappa shape index (κ2) is 11.5. The van der Waals surface area contributed by atoms with Crippen LogP contribution >= 0.6 is 0 Å². The predicted molar refractivity (Wildman–Crippen MR) is 112 cm³/mol.